The van der Waals surface area contributed by atoms with Crippen molar-refractivity contribution in [1.82, 2.24) is 14.9 Å². The Hall–Kier alpha value is -2.93. The summed E-state index contributed by atoms with van der Waals surface area (Å²) in [5.74, 6) is 1.59. The van der Waals surface area contributed by atoms with Gasteiger partial charge in [0.05, 0.1) is 30.7 Å². The Kier molecular flexibility index (Phi) is 6.92. The van der Waals surface area contributed by atoms with Gasteiger partial charge in [0.2, 0.25) is 17.1 Å². The molecule has 0 spiro atoms. The monoisotopic (exact) mass is 409 g/mol. The number of para-hydroxylation sites is 1. The van der Waals surface area contributed by atoms with E-state index < -0.39 is 0 Å². The maximum Gasteiger partial charge on any atom is 0.227 e. The van der Waals surface area contributed by atoms with Crippen LogP contribution in [0.3, 0.4) is 0 Å². The maximum absolute atomic E-state index is 12.2. The Bertz CT molecular complexity index is 1010. The zero-order valence-corrected chi connectivity index (χ0v) is 17.1. The van der Waals surface area contributed by atoms with Crippen molar-refractivity contribution < 1.29 is 13.9 Å². The minimum Gasteiger partial charge on any atom is -0.487 e. The van der Waals surface area contributed by atoms with Gasteiger partial charge in [-0.3, -0.25) is 9.69 Å². The van der Waals surface area contributed by atoms with Crippen LogP contribution in [0.15, 0.2) is 52.1 Å². The first-order valence-corrected chi connectivity index (χ1v) is 10.6. The molecule has 30 heavy (non-hydrogen) atoms. The molecule has 158 valence electrons. The lowest BCUT2D eigenvalue weighted by Crippen LogP contribution is -2.19. The Morgan fingerprint density at radius 2 is 1.80 bits per heavy atom. The molecule has 0 amide bonds. The molecule has 0 N–H and O–H groups in total. The molecule has 3 heterocycles. The van der Waals surface area contributed by atoms with Crippen LogP contribution in [-0.4, -0.2) is 41.2 Å². The van der Waals surface area contributed by atoms with Crippen LogP contribution in [0.4, 0.5) is 0 Å². The van der Waals surface area contributed by atoms with Crippen molar-refractivity contribution in [2.75, 3.05) is 26.3 Å². The van der Waals surface area contributed by atoms with Gasteiger partial charge in [0.25, 0.3) is 0 Å². The lowest BCUT2D eigenvalue weighted by Gasteiger charge is -2.13. The summed E-state index contributed by atoms with van der Waals surface area (Å²) in [6.45, 7) is 3.89. The summed E-state index contributed by atoms with van der Waals surface area (Å²) >= 11 is 0. The average Bonchev–Trinajstić information content (AvgIpc) is 3.27. The summed E-state index contributed by atoms with van der Waals surface area (Å²) in [5.41, 5.74) is 0.760. The van der Waals surface area contributed by atoms with Gasteiger partial charge >= 0.3 is 0 Å². The molecule has 4 rings (SSSR count). The average molecular weight is 409 g/mol. The molecule has 7 nitrogen and oxygen atoms in total. The van der Waals surface area contributed by atoms with E-state index in [1.807, 2.05) is 24.3 Å². The number of likely N-dealkylation sites (tertiary alicyclic amines) is 1. The van der Waals surface area contributed by atoms with Crippen LogP contribution >= 0.6 is 0 Å². The van der Waals surface area contributed by atoms with Crippen LogP contribution in [0.25, 0.3) is 10.9 Å². The molecule has 1 fully saturated rings. The van der Waals surface area contributed by atoms with E-state index in [-0.39, 0.29) is 11.2 Å². The van der Waals surface area contributed by atoms with Crippen molar-refractivity contribution in [3.8, 4) is 11.6 Å². The van der Waals surface area contributed by atoms with E-state index in [0.29, 0.717) is 31.4 Å². The molecule has 0 unspecified atom stereocenters. The van der Waals surface area contributed by atoms with Crippen molar-refractivity contribution >= 4 is 10.9 Å². The topological polar surface area (TPSA) is 77.7 Å². The van der Waals surface area contributed by atoms with Crippen LogP contribution in [0.2, 0.25) is 0 Å². The third-order valence-corrected chi connectivity index (χ3v) is 5.22. The van der Waals surface area contributed by atoms with Gasteiger partial charge < -0.3 is 13.9 Å². The van der Waals surface area contributed by atoms with E-state index in [1.54, 1.807) is 6.07 Å². The molecule has 0 saturated carbocycles. The molecule has 0 atom stereocenters. The van der Waals surface area contributed by atoms with Gasteiger partial charge in [0.15, 0.2) is 0 Å². The van der Waals surface area contributed by atoms with Gasteiger partial charge in [0, 0.05) is 6.07 Å². The first kappa shape index (κ1) is 20.3. The Morgan fingerprint density at radius 1 is 1.00 bits per heavy atom. The number of unbranched alkanes of at least 4 members (excludes halogenated alkanes) is 2. The Balaban J connectivity index is 1.15. The Labute approximate surface area is 175 Å². The molecule has 1 aromatic carbocycles. The summed E-state index contributed by atoms with van der Waals surface area (Å²) in [6.07, 6.45) is 8.04. The van der Waals surface area contributed by atoms with E-state index in [9.17, 15) is 4.79 Å². The molecular weight excluding hydrogens is 382 g/mol. The minimum atomic E-state index is -0.116. The maximum atomic E-state index is 12.2. The number of nitrogens with zero attached hydrogens (tertiary/aromatic N) is 3. The number of hydrogen-bond donors (Lipinski definition) is 0. The number of hydrogen-bond acceptors (Lipinski definition) is 7. The number of benzene rings is 1. The smallest absolute Gasteiger partial charge is 0.227 e. The van der Waals surface area contributed by atoms with E-state index in [4.69, 9.17) is 13.9 Å². The van der Waals surface area contributed by atoms with Crippen LogP contribution < -0.4 is 14.9 Å². The third-order valence-electron chi connectivity index (χ3n) is 5.22. The van der Waals surface area contributed by atoms with Crippen LogP contribution in [0, 0.1) is 0 Å². The van der Waals surface area contributed by atoms with Gasteiger partial charge in [0.1, 0.15) is 18.4 Å². The second-order valence-corrected chi connectivity index (χ2v) is 7.51. The number of rotatable bonds is 10. The molecule has 1 saturated heterocycles. The normalized spacial score (nSPS) is 14.3. The summed E-state index contributed by atoms with van der Waals surface area (Å²) < 4.78 is 17.0. The van der Waals surface area contributed by atoms with E-state index in [1.165, 1.54) is 25.4 Å². The molecule has 2 aromatic heterocycles. The lowest BCUT2D eigenvalue weighted by atomic mass is 10.2. The summed E-state index contributed by atoms with van der Waals surface area (Å²) in [7, 11) is 0. The molecule has 0 aliphatic carbocycles. The highest BCUT2D eigenvalue weighted by molar-refractivity contribution is 5.82. The summed E-state index contributed by atoms with van der Waals surface area (Å²) in [5, 5.41) is 0.920. The highest BCUT2D eigenvalue weighted by Gasteiger charge is 2.14. The lowest BCUT2D eigenvalue weighted by molar-refractivity contribution is 0.262. The number of aromatic nitrogens is 2. The fraction of sp³-hybridized carbons (Fsp3) is 0.435. The fourth-order valence-electron chi connectivity index (χ4n) is 3.61. The molecule has 0 bridgehead atoms. The van der Waals surface area contributed by atoms with Crippen LogP contribution in [0.1, 0.15) is 37.9 Å². The van der Waals surface area contributed by atoms with E-state index in [0.717, 1.165) is 43.3 Å². The number of fused-ring (bicyclic) bond motifs is 1. The van der Waals surface area contributed by atoms with Crippen molar-refractivity contribution in [3.63, 3.8) is 0 Å². The van der Waals surface area contributed by atoms with Gasteiger partial charge in [-0.25, -0.2) is 9.97 Å². The zero-order valence-electron chi connectivity index (χ0n) is 17.1. The fourth-order valence-corrected chi connectivity index (χ4v) is 3.61. The quantitative estimate of drug-likeness (QED) is 0.471. The van der Waals surface area contributed by atoms with Gasteiger partial charge in [-0.1, -0.05) is 12.1 Å². The molecule has 3 aromatic rings. The SMILES string of the molecule is O=c1cc(CN2CCCC2)occ1OCCCCCOc1ncnc2ccccc12. The van der Waals surface area contributed by atoms with Crippen molar-refractivity contribution in [2.45, 2.75) is 38.6 Å². The summed E-state index contributed by atoms with van der Waals surface area (Å²) in [4.78, 5) is 23.0. The van der Waals surface area contributed by atoms with Crippen molar-refractivity contribution in [1.29, 1.82) is 0 Å². The molecule has 1 aliphatic heterocycles. The Morgan fingerprint density at radius 3 is 2.63 bits per heavy atom. The van der Waals surface area contributed by atoms with Gasteiger partial charge in [-0.15, -0.1) is 0 Å². The largest absolute Gasteiger partial charge is 0.487 e. The van der Waals surface area contributed by atoms with E-state index >= 15 is 0 Å². The number of ether oxygens (including phenoxy) is 2. The van der Waals surface area contributed by atoms with Crippen LogP contribution in [-0.2, 0) is 6.54 Å². The van der Waals surface area contributed by atoms with Crippen LogP contribution in [0.5, 0.6) is 11.6 Å². The molecular formula is C23H27N3O4. The van der Waals surface area contributed by atoms with E-state index in [2.05, 4.69) is 14.9 Å². The molecule has 7 heteroatoms. The third kappa shape index (κ3) is 5.36. The second-order valence-electron chi connectivity index (χ2n) is 7.51. The zero-order chi connectivity index (χ0) is 20.6. The molecule has 0 radical (unpaired) electrons. The first-order chi connectivity index (χ1) is 14.8. The van der Waals surface area contributed by atoms with Crippen molar-refractivity contribution in [2.24, 2.45) is 0 Å². The first-order valence-electron chi connectivity index (χ1n) is 10.6. The highest BCUT2D eigenvalue weighted by atomic mass is 16.5. The molecule has 1 aliphatic rings. The minimum absolute atomic E-state index is 0.116. The summed E-state index contributed by atoms with van der Waals surface area (Å²) in [6, 6.07) is 9.34. The van der Waals surface area contributed by atoms with Crippen molar-refractivity contribution in [3.05, 3.63) is 58.9 Å². The second kappa shape index (κ2) is 10.2. The predicted octanol–water partition coefficient (Wildman–Crippen LogP) is 3.81. The standard InChI is InChI=1S/C23H27N3O4/c27-21-14-18(15-26-10-4-5-11-26)30-16-22(21)28-12-6-1-7-13-29-23-19-8-2-3-9-20(19)24-17-25-23/h2-3,8-9,14,16-17H,1,4-7,10-13,15H2. The highest BCUT2D eigenvalue weighted by Crippen LogP contribution is 2.20. The predicted molar refractivity (Wildman–Crippen MR) is 114 cm³/mol. The van der Waals surface area contributed by atoms with Gasteiger partial charge in [-0.05, 0) is 57.3 Å². The van der Waals surface area contributed by atoms with Gasteiger partial charge in [-0.2, -0.15) is 0 Å².